The van der Waals surface area contributed by atoms with Gasteiger partial charge in [0.15, 0.2) is 35.1 Å². The number of benzene rings is 3. The van der Waals surface area contributed by atoms with E-state index in [9.17, 15) is 19.8 Å². The first-order valence-electron chi connectivity index (χ1n) is 18.1. The summed E-state index contributed by atoms with van der Waals surface area (Å²) in [7, 11) is 0. The van der Waals surface area contributed by atoms with Crippen molar-refractivity contribution in [2.45, 2.75) is 69.2 Å². The lowest BCUT2D eigenvalue weighted by molar-refractivity contribution is -0.137. The molecule has 0 bridgehead atoms. The number of ether oxygens (including phenoxy) is 1. The Morgan fingerprint density at radius 3 is 2.26 bits per heavy atom. The third-order valence-electron chi connectivity index (χ3n) is 9.81. The van der Waals surface area contributed by atoms with Crippen LogP contribution in [0.3, 0.4) is 0 Å². The van der Waals surface area contributed by atoms with Gasteiger partial charge in [0.05, 0.1) is 12.9 Å². The number of aliphatic hydroxyl groups excluding tert-OH is 2. The van der Waals surface area contributed by atoms with E-state index < -0.39 is 30.4 Å². The number of amides is 3. The summed E-state index contributed by atoms with van der Waals surface area (Å²) in [6.45, 7) is 3.28. The zero-order valence-electron chi connectivity index (χ0n) is 29.5. The molecule has 2 aromatic heterocycles. The summed E-state index contributed by atoms with van der Waals surface area (Å²) in [5, 5.41) is 32.8. The standard InChI is InChI=1S/C39H45N9O5/c1-2-40-37(51)34-32(49)33(50)38(53-34)47-24-43-31-35(41-22-29(26-15-8-4-9-16-26)27-17-10-5-11-18-27)44-30(45-36(31)47)23-42-39(52)46-48-20-12-19-28(48)21-25-13-6-3-7-14-25/h3-11,13-18,24,28-29,32-34,38,49-50H,2,12,19-23H2,1H3,(H,40,51)(H,41,44,45)(H2,42,46,52)/t28?,32-,33+,34-,38+/m0/s1. The van der Waals surface area contributed by atoms with E-state index >= 15 is 0 Å². The Morgan fingerprint density at radius 2 is 1.58 bits per heavy atom. The highest BCUT2D eigenvalue weighted by atomic mass is 16.6. The Labute approximate surface area is 307 Å². The largest absolute Gasteiger partial charge is 0.387 e. The summed E-state index contributed by atoms with van der Waals surface area (Å²) in [5.41, 5.74) is 7.14. The highest BCUT2D eigenvalue weighted by molar-refractivity contribution is 5.84. The fraction of sp³-hybridized carbons (Fsp3) is 0.359. The zero-order valence-corrected chi connectivity index (χ0v) is 29.5. The van der Waals surface area contributed by atoms with Gasteiger partial charge in [0.2, 0.25) is 0 Å². The molecule has 53 heavy (non-hydrogen) atoms. The van der Waals surface area contributed by atoms with Gasteiger partial charge in [-0.3, -0.25) is 14.8 Å². The first-order valence-corrected chi connectivity index (χ1v) is 18.1. The quantitative estimate of drug-likeness (QED) is 0.106. The molecular weight excluding hydrogens is 674 g/mol. The molecule has 14 heteroatoms. The topological polar surface area (TPSA) is 179 Å². The van der Waals surface area contributed by atoms with Crippen LogP contribution in [0.5, 0.6) is 0 Å². The van der Waals surface area contributed by atoms with Crippen LogP contribution in [0.25, 0.3) is 11.2 Å². The molecule has 2 fully saturated rings. The fourth-order valence-corrected chi connectivity index (χ4v) is 7.14. The van der Waals surface area contributed by atoms with Gasteiger partial charge in [-0.1, -0.05) is 91.0 Å². The van der Waals surface area contributed by atoms with Crippen LogP contribution in [-0.2, 0) is 22.5 Å². The number of urea groups is 1. The van der Waals surface area contributed by atoms with Gasteiger partial charge in [0.1, 0.15) is 12.2 Å². The second-order valence-electron chi connectivity index (χ2n) is 13.4. The van der Waals surface area contributed by atoms with E-state index in [1.165, 1.54) is 16.5 Å². The highest BCUT2D eigenvalue weighted by Gasteiger charge is 2.47. The maximum atomic E-state index is 13.2. The van der Waals surface area contributed by atoms with E-state index in [2.05, 4.69) is 62.8 Å². The van der Waals surface area contributed by atoms with Crippen molar-refractivity contribution in [3.8, 4) is 0 Å². The number of likely N-dealkylation sites (N-methyl/N-ethyl adjacent to an activating group) is 1. The first-order chi connectivity index (χ1) is 25.9. The molecular formula is C39H45N9O5. The van der Waals surface area contributed by atoms with E-state index in [4.69, 9.17) is 14.7 Å². The van der Waals surface area contributed by atoms with Crippen LogP contribution in [0.2, 0.25) is 0 Å². The average Bonchev–Trinajstić information content (AvgIpc) is 3.89. The predicted octanol–water partition coefficient (Wildman–Crippen LogP) is 3.25. The summed E-state index contributed by atoms with van der Waals surface area (Å²) in [6.07, 6.45) is -1.12. The molecule has 276 valence electrons. The van der Waals surface area contributed by atoms with E-state index in [0.717, 1.165) is 36.9 Å². The fourth-order valence-electron chi connectivity index (χ4n) is 7.14. The molecule has 5 atom stereocenters. The maximum Gasteiger partial charge on any atom is 0.329 e. The van der Waals surface area contributed by atoms with Crippen molar-refractivity contribution in [2.75, 3.05) is 25.0 Å². The van der Waals surface area contributed by atoms with E-state index in [-0.39, 0.29) is 30.4 Å². The first kappa shape index (κ1) is 36.0. The Balaban J connectivity index is 1.14. The predicted molar refractivity (Wildman–Crippen MR) is 198 cm³/mol. The molecule has 3 aromatic carbocycles. The van der Waals surface area contributed by atoms with Crippen LogP contribution in [0.15, 0.2) is 97.3 Å². The lowest BCUT2D eigenvalue weighted by Crippen LogP contribution is -2.49. The van der Waals surface area contributed by atoms with Crippen LogP contribution in [0.4, 0.5) is 10.6 Å². The number of fused-ring (bicyclic) bond motifs is 1. The summed E-state index contributed by atoms with van der Waals surface area (Å²) in [5.74, 6) is 0.131. The monoisotopic (exact) mass is 719 g/mol. The van der Waals surface area contributed by atoms with Gasteiger partial charge in [0, 0.05) is 31.6 Å². The van der Waals surface area contributed by atoms with Crippen molar-refractivity contribution < 1.29 is 24.5 Å². The van der Waals surface area contributed by atoms with Crippen LogP contribution in [-0.4, -0.2) is 90.7 Å². The number of carbonyl (C=O) groups excluding carboxylic acids is 2. The minimum Gasteiger partial charge on any atom is -0.387 e. The summed E-state index contributed by atoms with van der Waals surface area (Å²) < 4.78 is 7.41. The van der Waals surface area contributed by atoms with Gasteiger partial charge in [-0.2, -0.15) is 0 Å². The van der Waals surface area contributed by atoms with Crippen molar-refractivity contribution in [3.05, 3.63) is 120 Å². The molecule has 2 aliphatic heterocycles. The van der Waals surface area contributed by atoms with Crippen LogP contribution in [0, 0.1) is 0 Å². The average molecular weight is 720 g/mol. The smallest absolute Gasteiger partial charge is 0.329 e. The molecule has 2 aliphatic rings. The van der Waals surface area contributed by atoms with E-state index in [1.54, 1.807) is 6.92 Å². The van der Waals surface area contributed by atoms with Crippen molar-refractivity contribution in [1.82, 2.24) is 40.6 Å². The van der Waals surface area contributed by atoms with Crippen molar-refractivity contribution in [1.29, 1.82) is 0 Å². The minimum atomic E-state index is -1.47. The van der Waals surface area contributed by atoms with Gasteiger partial charge in [-0.25, -0.2) is 24.8 Å². The summed E-state index contributed by atoms with van der Waals surface area (Å²) in [4.78, 5) is 40.0. The highest BCUT2D eigenvalue weighted by Crippen LogP contribution is 2.33. The number of anilines is 1. The number of aromatic nitrogens is 4. The molecule has 6 N–H and O–H groups in total. The molecule has 4 heterocycles. The number of hydrogen-bond donors (Lipinski definition) is 6. The molecule has 0 spiro atoms. The third-order valence-corrected chi connectivity index (χ3v) is 9.81. The van der Waals surface area contributed by atoms with Crippen LogP contribution < -0.4 is 21.4 Å². The minimum absolute atomic E-state index is 0.0160. The Morgan fingerprint density at radius 1 is 0.906 bits per heavy atom. The zero-order chi connectivity index (χ0) is 36.7. The summed E-state index contributed by atoms with van der Waals surface area (Å²) >= 11 is 0. The molecule has 0 aliphatic carbocycles. The molecule has 0 saturated carbocycles. The van der Waals surface area contributed by atoms with E-state index in [1.807, 2.05) is 59.6 Å². The number of nitrogens with one attached hydrogen (secondary N) is 4. The summed E-state index contributed by atoms with van der Waals surface area (Å²) in [6, 6.07) is 30.3. The number of hydrazine groups is 1. The van der Waals surface area contributed by atoms with Gasteiger partial charge < -0.3 is 30.9 Å². The molecule has 14 nitrogen and oxygen atoms in total. The lowest BCUT2D eigenvalue weighted by atomic mass is 9.91. The van der Waals surface area contributed by atoms with Gasteiger partial charge in [-0.05, 0) is 42.9 Å². The lowest BCUT2D eigenvalue weighted by Gasteiger charge is -2.25. The normalized spacial score (nSPS) is 21.5. The van der Waals surface area contributed by atoms with Gasteiger partial charge in [-0.15, -0.1) is 0 Å². The second-order valence-corrected chi connectivity index (χ2v) is 13.4. The molecule has 3 amide bonds. The molecule has 7 rings (SSSR count). The number of imidazole rings is 1. The Hall–Kier alpha value is -5.41. The van der Waals surface area contributed by atoms with Gasteiger partial charge in [0.25, 0.3) is 5.91 Å². The van der Waals surface area contributed by atoms with Crippen LogP contribution >= 0.6 is 0 Å². The number of nitrogens with zero attached hydrogens (tertiary/aromatic N) is 5. The second kappa shape index (κ2) is 16.5. The van der Waals surface area contributed by atoms with Gasteiger partial charge >= 0.3 is 6.03 Å². The number of rotatable bonds is 13. The molecule has 5 aromatic rings. The van der Waals surface area contributed by atoms with Crippen molar-refractivity contribution >= 4 is 28.9 Å². The number of carbonyl (C=O) groups is 2. The molecule has 2 saturated heterocycles. The number of hydrogen-bond acceptors (Lipinski definition) is 10. The SMILES string of the molecule is CCNC(=O)[C@H]1O[C@@H](n2cnc3c(NCC(c4ccccc4)c4ccccc4)nc(CNC(=O)NN4CCCC4Cc4ccccc4)nc32)[C@H](O)[C@@H]1O. The number of aliphatic hydroxyl groups is 2. The van der Waals surface area contributed by atoms with Crippen LogP contribution in [0.1, 0.15) is 54.4 Å². The Kier molecular flexibility index (Phi) is 11.2. The van der Waals surface area contributed by atoms with Crippen molar-refractivity contribution in [3.63, 3.8) is 0 Å². The van der Waals surface area contributed by atoms with E-state index in [0.29, 0.717) is 30.1 Å². The molecule has 1 unspecified atom stereocenters. The maximum absolute atomic E-state index is 13.2. The van der Waals surface area contributed by atoms with Crippen molar-refractivity contribution in [2.24, 2.45) is 0 Å². The Bertz CT molecular complexity index is 1940. The molecule has 0 radical (unpaired) electrons. The third kappa shape index (κ3) is 8.15.